The van der Waals surface area contributed by atoms with Gasteiger partial charge in [0, 0.05) is 11.9 Å². The maximum absolute atomic E-state index is 13.3. The molecular weight excluding hydrogens is 489 g/mol. The molecule has 0 bridgehead atoms. The molecule has 1 amide bonds. The Labute approximate surface area is 219 Å². The van der Waals surface area contributed by atoms with E-state index in [9.17, 15) is 23.3 Å². The van der Waals surface area contributed by atoms with E-state index in [1.54, 1.807) is 30.6 Å². The van der Waals surface area contributed by atoms with Crippen molar-refractivity contribution in [2.45, 2.75) is 43.9 Å². The minimum absolute atomic E-state index is 0. The van der Waals surface area contributed by atoms with Gasteiger partial charge in [-0.05, 0) is 60.7 Å². The van der Waals surface area contributed by atoms with Crippen molar-refractivity contribution in [2.75, 3.05) is 11.1 Å². The van der Waals surface area contributed by atoms with Crippen LogP contribution < -0.4 is 10.6 Å². The van der Waals surface area contributed by atoms with Gasteiger partial charge in [0.05, 0.1) is 34.4 Å². The van der Waals surface area contributed by atoms with Crippen molar-refractivity contribution in [3.8, 4) is 0 Å². The molecule has 2 atom stereocenters. The number of nitrogens with zero attached hydrogens (tertiary/aromatic N) is 1. The van der Waals surface area contributed by atoms with Crippen LogP contribution in [-0.2, 0) is 21.1 Å². The molecule has 1 heterocycles. The minimum Gasteiger partial charge on any atom is -0.426 e. The first-order valence-corrected chi connectivity index (χ1v) is 13.7. The van der Waals surface area contributed by atoms with E-state index in [2.05, 4.69) is 15.6 Å². The second kappa shape index (κ2) is 12.8. The van der Waals surface area contributed by atoms with Crippen molar-refractivity contribution in [1.82, 2.24) is 10.3 Å². The van der Waals surface area contributed by atoms with E-state index < -0.39 is 40.5 Å². The molecule has 8 nitrogen and oxygen atoms in total. The molecule has 37 heavy (non-hydrogen) atoms. The van der Waals surface area contributed by atoms with Crippen LogP contribution >= 0.6 is 0 Å². The molecule has 0 radical (unpaired) electrons. The lowest BCUT2D eigenvalue weighted by atomic mass is 9.76. The minimum atomic E-state index is -3.81. The number of aromatic nitrogens is 1. The van der Waals surface area contributed by atoms with E-state index in [4.69, 9.17) is 0 Å². The third-order valence-corrected chi connectivity index (χ3v) is 8.08. The predicted octanol–water partition coefficient (Wildman–Crippen LogP) is 3.39. The molecule has 4 rings (SSSR count). The number of amides is 1. The lowest BCUT2D eigenvalue weighted by Gasteiger charge is -2.22. The highest BCUT2D eigenvalue weighted by atomic mass is 32.2. The van der Waals surface area contributed by atoms with Crippen molar-refractivity contribution in [3.05, 3.63) is 84.7 Å². The first-order chi connectivity index (χ1) is 17.3. The van der Waals surface area contributed by atoms with Gasteiger partial charge in [-0.2, -0.15) is 0 Å². The number of hydrogen-bond acceptors (Lipinski definition) is 7. The number of sulfone groups is 1. The molecule has 1 aliphatic carbocycles. The highest BCUT2D eigenvalue weighted by Gasteiger charge is 2.35. The number of benzene rings is 2. The second-order valence-electron chi connectivity index (χ2n) is 9.27. The summed E-state index contributed by atoms with van der Waals surface area (Å²) < 4.78 is 26.6. The van der Waals surface area contributed by atoms with E-state index in [0.29, 0.717) is 18.0 Å². The Bertz CT molecular complexity index is 1240. The summed E-state index contributed by atoms with van der Waals surface area (Å²) in [5.41, 5.74) is 2.31. The zero-order valence-electron chi connectivity index (χ0n) is 19.8. The molecule has 3 aromatic rings. The number of hydrogen-bond donors (Lipinski definition) is 4. The van der Waals surface area contributed by atoms with Crippen molar-refractivity contribution >= 4 is 34.2 Å². The van der Waals surface area contributed by atoms with Gasteiger partial charge in [0.1, 0.15) is 0 Å². The molecule has 196 valence electrons. The van der Waals surface area contributed by atoms with Crippen LogP contribution in [0.3, 0.4) is 0 Å². The highest BCUT2D eigenvalue weighted by molar-refractivity contribution is 7.91. The Morgan fingerprint density at radius 3 is 2.30 bits per heavy atom. The van der Waals surface area contributed by atoms with Crippen LogP contribution in [0.4, 0.5) is 11.4 Å². The van der Waals surface area contributed by atoms with Gasteiger partial charge in [-0.25, -0.2) is 8.42 Å². The summed E-state index contributed by atoms with van der Waals surface area (Å²) in [7, 11) is -5.51. The van der Waals surface area contributed by atoms with Crippen LogP contribution in [0, 0.1) is 11.8 Å². The maximum Gasteiger partial charge on any atom is 0.475 e. The zero-order valence-corrected chi connectivity index (χ0v) is 20.6. The summed E-state index contributed by atoms with van der Waals surface area (Å²) in [6.07, 6.45) is 5.98. The molecule has 1 aliphatic rings. The van der Waals surface area contributed by atoms with Crippen LogP contribution in [0.5, 0.6) is 0 Å². The number of pyridine rings is 1. The van der Waals surface area contributed by atoms with Crippen LogP contribution in [-0.4, -0.2) is 48.2 Å². The Morgan fingerprint density at radius 2 is 1.70 bits per heavy atom. The fourth-order valence-corrected chi connectivity index (χ4v) is 5.65. The molecule has 0 saturated heterocycles. The average Bonchev–Trinajstić information content (AvgIpc) is 3.69. The van der Waals surface area contributed by atoms with E-state index in [1.807, 2.05) is 36.4 Å². The molecule has 0 aliphatic heterocycles. The SMILES string of the molecule is C.O=C(N[C@@H](CC1CC1)B(O)O)[C@H](Cc1ccccc1)CS(=O)(=O)c1ccc(Nc2cccnc2)cc1. The Morgan fingerprint density at radius 1 is 1.00 bits per heavy atom. The lowest BCUT2D eigenvalue weighted by molar-refractivity contribution is -0.124. The van der Waals surface area contributed by atoms with Gasteiger partial charge < -0.3 is 20.7 Å². The summed E-state index contributed by atoms with van der Waals surface area (Å²) in [4.78, 5) is 17.4. The topological polar surface area (TPSA) is 129 Å². The van der Waals surface area contributed by atoms with Gasteiger partial charge >= 0.3 is 7.12 Å². The molecule has 1 fully saturated rings. The van der Waals surface area contributed by atoms with E-state index in [1.165, 1.54) is 12.1 Å². The average molecular weight is 523 g/mol. The van der Waals surface area contributed by atoms with Crippen LogP contribution in [0.1, 0.15) is 32.3 Å². The Hall–Kier alpha value is -3.21. The molecule has 10 heteroatoms. The zero-order chi connectivity index (χ0) is 25.5. The monoisotopic (exact) mass is 523 g/mol. The van der Waals surface area contributed by atoms with E-state index in [0.717, 1.165) is 24.1 Å². The number of carbonyl (C=O) groups is 1. The van der Waals surface area contributed by atoms with Crippen molar-refractivity contribution in [2.24, 2.45) is 11.8 Å². The second-order valence-corrected chi connectivity index (χ2v) is 11.3. The number of carbonyl (C=O) groups excluding carboxylic acids is 1. The molecule has 1 saturated carbocycles. The maximum atomic E-state index is 13.3. The van der Waals surface area contributed by atoms with Gasteiger partial charge in [0.25, 0.3) is 0 Å². The fourth-order valence-electron chi connectivity index (χ4n) is 4.10. The van der Waals surface area contributed by atoms with Crippen molar-refractivity contribution in [3.63, 3.8) is 0 Å². The standard InChI is InChI=1S/C26H30BN3O5S.CH4/c31-26(30-25(27(32)33)16-20-8-9-20)21(15-19-5-2-1-3-6-19)18-36(34,35)24-12-10-22(11-13-24)29-23-7-4-14-28-17-23;/h1-7,10-14,17,20-21,25,29,32-33H,8-9,15-16,18H2,(H,30,31);1H4/t21-,25+;/m1./s1. The van der Waals surface area contributed by atoms with Gasteiger partial charge in [-0.15, -0.1) is 0 Å². The highest BCUT2D eigenvalue weighted by Crippen LogP contribution is 2.33. The molecular formula is C27H34BN3O5S. The first-order valence-electron chi connectivity index (χ1n) is 12.0. The fraction of sp³-hybridized carbons (Fsp3) is 0.333. The van der Waals surface area contributed by atoms with Crippen LogP contribution in [0.2, 0.25) is 0 Å². The smallest absolute Gasteiger partial charge is 0.426 e. The van der Waals surface area contributed by atoms with Crippen LogP contribution in [0.15, 0.2) is 84.0 Å². The number of nitrogens with one attached hydrogen (secondary N) is 2. The predicted molar refractivity (Wildman–Crippen MR) is 146 cm³/mol. The summed E-state index contributed by atoms with van der Waals surface area (Å²) in [6, 6.07) is 19.2. The molecule has 0 unspecified atom stereocenters. The molecule has 0 spiro atoms. The Balaban J connectivity index is 0.00000380. The normalized spacial score (nSPS) is 14.6. The largest absolute Gasteiger partial charge is 0.475 e. The van der Waals surface area contributed by atoms with Gasteiger partial charge in [0.2, 0.25) is 5.91 Å². The van der Waals surface area contributed by atoms with E-state index in [-0.39, 0.29) is 18.7 Å². The summed E-state index contributed by atoms with van der Waals surface area (Å²) >= 11 is 0. The molecule has 2 aromatic carbocycles. The summed E-state index contributed by atoms with van der Waals surface area (Å²) in [5.74, 6) is -2.28. The van der Waals surface area contributed by atoms with Gasteiger partial charge in [-0.1, -0.05) is 50.6 Å². The summed E-state index contributed by atoms with van der Waals surface area (Å²) in [5, 5.41) is 25.4. The van der Waals surface area contributed by atoms with Crippen molar-refractivity contribution < 1.29 is 23.3 Å². The van der Waals surface area contributed by atoms with Gasteiger partial charge in [-0.3, -0.25) is 9.78 Å². The third-order valence-electron chi connectivity index (χ3n) is 6.25. The van der Waals surface area contributed by atoms with Crippen molar-refractivity contribution in [1.29, 1.82) is 0 Å². The lowest BCUT2D eigenvalue weighted by Crippen LogP contribution is -2.50. The molecule has 1 aromatic heterocycles. The van der Waals surface area contributed by atoms with Crippen LogP contribution in [0.25, 0.3) is 0 Å². The summed E-state index contributed by atoms with van der Waals surface area (Å²) in [6.45, 7) is 0. The number of rotatable bonds is 12. The van der Waals surface area contributed by atoms with Gasteiger partial charge in [0.15, 0.2) is 9.84 Å². The molecule has 4 N–H and O–H groups in total. The quantitative estimate of drug-likeness (QED) is 0.268. The Kier molecular flexibility index (Phi) is 9.85. The number of anilines is 2. The third kappa shape index (κ3) is 8.41. The van der Waals surface area contributed by atoms with E-state index >= 15 is 0 Å². The first kappa shape index (κ1) is 28.4.